The highest BCUT2D eigenvalue weighted by Gasteiger charge is 2.45. The van der Waals surface area contributed by atoms with Crippen LogP contribution < -0.4 is 0 Å². The Kier molecular flexibility index (Phi) is 3.36. The summed E-state index contributed by atoms with van der Waals surface area (Å²) in [7, 11) is 0. The van der Waals surface area contributed by atoms with Gasteiger partial charge in [-0.2, -0.15) is 0 Å². The minimum atomic E-state index is -1.00. The number of nitrogens with zero attached hydrogens (tertiary/aromatic N) is 1. The van der Waals surface area contributed by atoms with Crippen LogP contribution in [-0.2, 0) is 11.2 Å². The molecule has 0 spiro atoms. The molecule has 1 aromatic rings. The molecule has 0 bridgehead atoms. The third kappa shape index (κ3) is 2.23. The first-order valence-corrected chi connectivity index (χ1v) is 6.12. The molecule has 0 unspecified atom stereocenters. The van der Waals surface area contributed by atoms with Crippen molar-refractivity contribution in [1.82, 2.24) is 4.90 Å². The molecule has 4 heteroatoms. The first-order chi connectivity index (χ1) is 8.54. The molecular weight excluding hydrogens is 230 g/mol. The van der Waals surface area contributed by atoms with Crippen LogP contribution in [0.2, 0.25) is 0 Å². The summed E-state index contributed by atoms with van der Waals surface area (Å²) in [6.07, 6.45) is 0.659. The van der Waals surface area contributed by atoms with Gasteiger partial charge in [0, 0.05) is 13.0 Å². The second-order valence-electron chi connectivity index (χ2n) is 4.90. The van der Waals surface area contributed by atoms with E-state index in [-0.39, 0.29) is 5.78 Å². The number of ketones is 1. The Hall–Kier alpha value is -1.84. The van der Waals surface area contributed by atoms with E-state index in [4.69, 9.17) is 5.11 Å². The number of carbonyl (C=O) groups excluding carboxylic acids is 1. The molecule has 1 aliphatic rings. The highest BCUT2D eigenvalue weighted by molar-refractivity contribution is 5.93. The van der Waals surface area contributed by atoms with E-state index in [0.717, 1.165) is 12.0 Å². The lowest BCUT2D eigenvalue weighted by atomic mass is 9.89. The lowest BCUT2D eigenvalue weighted by Crippen LogP contribution is -2.50. The molecule has 96 valence electrons. The summed E-state index contributed by atoms with van der Waals surface area (Å²) >= 11 is 0. The number of Topliss-reactive ketones (excluding diaryl/α,β-unsaturated/α-hetero) is 1. The van der Waals surface area contributed by atoms with Gasteiger partial charge in [-0.25, -0.2) is 4.79 Å². The van der Waals surface area contributed by atoms with Crippen LogP contribution in [0.5, 0.6) is 0 Å². The standard InChI is InChI=1S/C14H17NO3/c1-14(8-5-9-15(14)13(17)18)12(16)10-11-6-3-2-4-7-11/h2-4,6-7H,5,8-10H2,1H3,(H,17,18)/t14-/m0/s1. The summed E-state index contributed by atoms with van der Waals surface area (Å²) in [6.45, 7) is 2.19. The van der Waals surface area contributed by atoms with Crippen molar-refractivity contribution in [3.63, 3.8) is 0 Å². The summed E-state index contributed by atoms with van der Waals surface area (Å²) in [5.41, 5.74) is 0.0720. The molecule has 0 aliphatic carbocycles. The van der Waals surface area contributed by atoms with Crippen LogP contribution >= 0.6 is 0 Å². The zero-order chi connectivity index (χ0) is 13.2. The van der Waals surface area contributed by atoms with Crippen LogP contribution in [0, 0.1) is 0 Å². The average molecular weight is 247 g/mol. The molecule has 1 aliphatic heterocycles. The van der Waals surface area contributed by atoms with Crippen molar-refractivity contribution in [3.8, 4) is 0 Å². The first kappa shape index (κ1) is 12.6. The van der Waals surface area contributed by atoms with E-state index in [1.54, 1.807) is 6.92 Å². The van der Waals surface area contributed by atoms with Gasteiger partial charge in [-0.15, -0.1) is 0 Å². The van der Waals surface area contributed by atoms with E-state index in [9.17, 15) is 9.59 Å². The van der Waals surface area contributed by atoms with Crippen molar-refractivity contribution in [2.24, 2.45) is 0 Å². The van der Waals surface area contributed by atoms with Gasteiger partial charge in [-0.1, -0.05) is 30.3 Å². The molecule has 1 fully saturated rings. The number of carbonyl (C=O) groups is 2. The zero-order valence-electron chi connectivity index (χ0n) is 10.4. The first-order valence-electron chi connectivity index (χ1n) is 6.12. The van der Waals surface area contributed by atoms with Crippen molar-refractivity contribution >= 4 is 11.9 Å². The van der Waals surface area contributed by atoms with Crippen molar-refractivity contribution in [2.45, 2.75) is 31.7 Å². The minimum absolute atomic E-state index is 0.0198. The number of carboxylic acid groups (broad SMARTS) is 1. The number of hydrogen-bond donors (Lipinski definition) is 1. The van der Waals surface area contributed by atoms with Crippen molar-refractivity contribution in [2.75, 3.05) is 6.54 Å². The molecule has 0 radical (unpaired) electrons. The van der Waals surface area contributed by atoms with Gasteiger partial charge in [-0.05, 0) is 25.3 Å². The number of benzene rings is 1. The molecule has 18 heavy (non-hydrogen) atoms. The van der Waals surface area contributed by atoms with Crippen molar-refractivity contribution in [3.05, 3.63) is 35.9 Å². The maximum absolute atomic E-state index is 12.3. The van der Waals surface area contributed by atoms with Crippen molar-refractivity contribution < 1.29 is 14.7 Å². The second kappa shape index (κ2) is 4.80. The second-order valence-corrected chi connectivity index (χ2v) is 4.90. The summed E-state index contributed by atoms with van der Waals surface area (Å²) in [5, 5.41) is 9.14. The third-order valence-electron chi connectivity index (χ3n) is 3.68. The number of likely N-dealkylation sites (tertiary alicyclic amines) is 1. The van der Waals surface area contributed by atoms with Gasteiger partial charge in [0.2, 0.25) is 0 Å². The Bertz CT molecular complexity index is 457. The molecule has 1 N–H and O–H groups in total. The predicted octanol–water partition coefficient (Wildman–Crippen LogP) is 2.33. The van der Waals surface area contributed by atoms with Gasteiger partial charge in [-0.3, -0.25) is 9.69 Å². The Balaban J connectivity index is 2.15. The van der Waals surface area contributed by atoms with Gasteiger partial charge in [0.1, 0.15) is 5.54 Å². The Morgan fingerprint density at radius 2 is 2.00 bits per heavy atom. The van der Waals surface area contributed by atoms with Crippen LogP contribution in [0.3, 0.4) is 0 Å². The van der Waals surface area contributed by atoms with Crippen LogP contribution in [0.25, 0.3) is 0 Å². The average Bonchev–Trinajstić information content (AvgIpc) is 2.74. The van der Waals surface area contributed by atoms with Gasteiger partial charge in [0.05, 0.1) is 0 Å². The fourth-order valence-corrected chi connectivity index (χ4v) is 2.53. The van der Waals surface area contributed by atoms with Crippen LogP contribution in [0.15, 0.2) is 30.3 Å². The van der Waals surface area contributed by atoms with Gasteiger partial charge >= 0.3 is 6.09 Å². The van der Waals surface area contributed by atoms with E-state index in [0.29, 0.717) is 19.4 Å². The predicted molar refractivity (Wildman–Crippen MR) is 67.5 cm³/mol. The molecule has 1 saturated heterocycles. The highest BCUT2D eigenvalue weighted by atomic mass is 16.4. The number of hydrogen-bond acceptors (Lipinski definition) is 2. The molecular formula is C14H17NO3. The zero-order valence-corrected chi connectivity index (χ0v) is 10.4. The Labute approximate surface area is 106 Å². The van der Waals surface area contributed by atoms with Gasteiger partial charge in [0.25, 0.3) is 0 Å². The molecule has 4 nitrogen and oxygen atoms in total. The van der Waals surface area contributed by atoms with Crippen LogP contribution in [0.4, 0.5) is 4.79 Å². The summed E-state index contributed by atoms with van der Waals surface area (Å²) in [6, 6.07) is 9.45. The summed E-state index contributed by atoms with van der Waals surface area (Å²) < 4.78 is 0. The fourth-order valence-electron chi connectivity index (χ4n) is 2.53. The quantitative estimate of drug-likeness (QED) is 0.891. The van der Waals surface area contributed by atoms with Gasteiger partial charge < -0.3 is 5.11 Å². The van der Waals surface area contributed by atoms with Crippen LogP contribution in [-0.4, -0.2) is 34.0 Å². The molecule has 0 saturated carbocycles. The van der Waals surface area contributed by atoms with Gasteiger partial charge in [0.15, 0.2) is 5.78 Å². The molecule has 1 atom stereocenters. The Morgan fingerprint density at radius 1 is 1.33 bits per heavy atom. The molecule has 1 heterocycles. The number of amides is 1. The normalized spacial score (nSPS) is 23.1. The van der Waals surface area contributed by atoms with E-state index >= 15 is 0 Å². The molecule has 0 aromatic heterocycles. The summed E-state index contributed by atoms with van der Waals surface area (Å²) in [5.74, 6) is -0.0198. The topological polar surface area (TPSA) is 57.6 Å². The number of rotatable bonds is 3. The monoisotopic (exact) mass is 247 g/mol. The van der Waals surface area contributed by atoms with Crippen LogP contribution in [0.1, 0.15) is 25.3 Å². The highest BCUT2D eigenvalue weighted by Crippen LogP contribution is 2.30. The third-order valence-corrected chi connectivity index (χ3v) is 3.68. The van der Waals surface area contributed by atoms with Crippen molar-refractivity contribution in [1.29, 1.82) is 0 Å². The lowest BCUT2D eigenvalue weighted by Gasteiger charge is -2.31. The molecule has 1 amide bonds. The lowest BCUT2D eigenvalue weighted by molar-refractivity contribution is -0.127. The smallest absolute Gasteiger partial charge is 0.408 e. The minimum Gasteiger partial charge on any atom is -0.465 e. The SMILES string of the molecule is C[C@@]1(C(=O)Cc2ccccc2)CCCN1C(=O)O. The maximum Gasteiger partial charge on any atom is 0.408 e. The van der Waals surface area contributed by atoms with E-state index in [2.05, 4.69) is 0 Å². The maximum atomic E-state index is 12.3. The van der Waals surface area contributed by atoms with E-state index in [1.807, 2.05) is 30.3 Å². The van der Waals surface area contributed by atoms with E-state index < -0.39 is 11.6 Å². The Morgan fingerprint density at radius 3 is 2.61 bits per heavy atom. The largest absolute Gasteiger partial charge is 0.465 e. The molecule has 1 aromatic carbocycles. The summed E-state index contributed by atoms with van der Waals surface area (Å²) in [4.78, 5) is 24.8. The van der Waals surface area contributed by atoms with E-state index in [1.165, 1.54) is 4.90 Å². The molecule has 2 rings (SSSR count). The fraction of sp³-hybridized carbons (Fsp3) is 0.429.